The molecule has 0 spiro atoms. The second-order valence-corrected chi connectivity index (χ2v) is 14.6. The maximum atomic E-state index is 11.8. The quantitative estimate of drug-likeness (QED) is 0.0700. The van der Waals surface area contributed by atoms with Crippen LogP contribution in [0.15, 0.2) is 11.6 Å². The summed E-state index contributed by atoms with van der Waals surface area (Å²) in [5.41, 5.74) is 0.859. The number of ether oxygens (including phenoxy) is 4. The number of unbranched alkanes of at least 4 members (excludes halogenated alkanes) is 12. The Balaban J connectivity index is 1.19. The molecule has 0 amide bonds. The molecule has 0 aliphatic carbocycles. The second-order valence-electron chi connectivity index (χ2n) is 14.6. The van der Waals surface area contributed by atoms with Gasteiger partial charge in [0, 0.05) is 12.5 Å². The van der Waals surface area contributed by atoms with Crippen molar-refractivity contribution in [3.63, 3.8) is 0 Å². The Hall–Kier alpha value is -1.48. The largest absolute Gasteiger partial charge is 0.460 e. The molecule has 8 nitrogen and oxygen atoms in total. The molecule has 0 saturated carbocycles. The number of carbonyl (C=O) groups is 2. The highest BCUT2D eigenvalue weighted by Gasteiger charge is 2.41. The molecule has 8 heteroatoms. The van der Waals surface area contributed by atoms with Crippen LogP contribution in [0.1, 0.15) is 175 Å². The van der Waals surface area contributed by atoms with Gasteiger partial charge in [0.1, 0.15) is 12.2 Å². The van der Waals surface area contributed by atoms with Crippen molar-refractivity contribution < 1.29 is 38.7 Å². The summed E-state index contributed by atoms with van der Waals surface area (Å²) in [5, 5.41) is 20.9. The van der Waals surface area contributed by atoms with E-state index in [1.807, 2.05) is 13.0 Å². The molecule has 3 aliphatic heterocycles. The number of cyclic esters (lactones) is 1. The van der Waals surface area contributed by atoms with Gasteiger partial charge in [0.15, 0.2) is 0 Å². The fraction of sp³-hybridized carbons (Fsp3) is 0.897. The predicted molar refractivity (Wildman–Crippen MR) is 185 cm³/mol. The Kier molecular flexibility index (Phi) is 19.6. The minimum atomic E-state index is -0.420. The van der Waals surface area contributed by atoms with Crippen LogP contribution in [0.2, 0.25) is 0 Å². The summed E-state index contributed by atoms with van der Waals surface area (Å²) >= 11 is 0. The highest BCUT2D eigenvalue weighted by Crippen LogP contribution is 2.35. The summed E-state index contributed by atoms with van der Waals surface area (Å²) in [4.78, 5) is 23.5. The number of hydrogen-bond donors (Lipinski definition) is 2. The smallest absolute Gasteiger partial charge is 0.334 e. The van der Waals surface area contributed by atoms with E-state index in [0.717, 1.165) is 115 Å². The second kappa shape index (κ2) is 23.0. The van der Waals surface area contributed by atoms with Gasteiger partial charge in [0.25, 0.3) is 0 Å². The summed E-state index contributed by atoms with van der Waals surface area (Å²) in [6.45, 7) is 5.53. The first-order chi connectivity index (χ1) is 22.8. The summed E-state index contributed by atoms with van der Waals surface area (Å²) in [6, 6.07) is 0. The number of esters is 2. The molecular formula is C39H68O8. The van der Waals surface area contributed by atoms with Gasteiger partial charge in [-0.15, -0.1) is 0 Å². The summed E-state index contributed by atoms with van der Waals surface area (Å²) in [5.74, 6) is -0.389. The first kappa shape index (κ1) is 40.0. The van der Waals surface area contributed by atoms with E-state index in [1.165, 1.54) is 51.9 Å². The van der Waals surface area contributed by atoms with Crippen molar-refractivity contribution in [2.24, 2.45) is 0 Å². The normalized spacial score (nSPS) is 26.3. The van der Waals surface area contributed by atoms with Crippen LogP contribution in [0.3, 0.4) is 0 Å². The monoisotopic (exact) mass is 664 g/mol. The Morgan fingerprint density at radius 2 is 1.30 bits per heavy atom. The maximum absolute atomic E-state index is 11.8. The van der Waals surface area contributed by atoms with Crippen LogP contribution in [0.4, 0.5) is 0 Å². The molecule has 3 heterocycles. The summed E-state index contributed by atoms with van der Waals surface area (Å²) in [7, 11) is 0. The highest BCUT2D eigenvalue weighted by molar-refractivity contribution is 5.90. The summed E-state index contributed by atoms with van der Waals surface area (Å²) in [6.07, 6.45) is 25.6. The molecule has 0 aromatic heterocycles. The van der Waals surface area contributed by atoms with Gasteiger partial charge in [0.05, 0.1) is 36.6 Å². The Labute approximate surface area is 285 Å². The average Bonchev–Trinajstić information content (AvgIpc) is 3.79. The lowest BCUT2D eigenvalue weighted by atomic mass is 10.00. The SMILES string of the molecule is CCCC[C@H](O)CCCCC[C@@H](OC(C)=O)[C@@H]1CC[C@@H]([C@@H]2CC[C@@H]([C@@H](O)CCCCCCCCCCCCC3=C[C@@H](C)OC3=O)O2)O1. The third-order valence-corrected chi connectivity index (χ3v) is 10.4. The average molecular weight is 665 g/mol. The van der Waals surface area contributed by atoms with Crippen molar-refractivity contribution in [1.29, 1.82) is 0 Å². The molecule has 2 N–H and O–H groups in total. The van der Waals surface area contributed by atoms with Crippen LogP contribution in [0, 0.1) is 0 Å². The molecule has 0 aromatic carbocycles. The lowest BCUT2D eigenvalue weighted by molar-refractivity contribution is -0.158. The van der Waals surface area contributed by atoms with Crippen molar-refractivity contribution in [1.82, 2.24) is 0 Å². The third kappa shape index (κ3) is 15.7. The van der Waals surface area contributed by atoms with E-state index in [2.05, 4.69) is 6.92 Å². The predicted octanol–water partition coefficient (Wildman–Crippen LogP) is 8.43. The zero-order chi connectivity index (χ0) is 33.9. The van der Waals surface area contributed by atoms with Gasteiger partial charge in [-0.2, -0.15) is 0 Å². The lowest BCUT2D eigenvalue weighted by Crippen LogP contribution is -2.34. The van der Waals surface area contributed by atoms with E-state index in [0.29, 0.717) is 0 Å². The highest BCUT2D eigenvalue weighted by atomic mass is 16.6. The first-order valence-electron chi connectivity index (χ1n) is 19.5. The molecule has 0 bridgehead atoms. The fourth-order valence-electron chi connectivity index (χ4n) is 7.59. The zero-order valence-electron chi connectivity index (χ0n) is 30.0. The topological polar surface area (TPSA) is 112 Å². The van der Waals surface area contributed by atoms with Gasteiger partial charge in [-0.1, -0.05) is 90.4 Å². The standard InChI is InChI=1S/C39H68O8/c1-4-5-20-32(41)21-16-14-18-23-35(45-30(3)40)36-26-27-38(47-36)37-25-24-34(46-37)33(42)22-17-13-11-9-7-6-8-10-12-15-19-31-28-29(2)44-39(31)43/h28-29,32-38,41-42H,4-27H2,1-3H3/t29-,32+,33+,34+,35-,36+,37+,38+/m1/s1. The zero-order valence-corrected chi connectivity index (χ0v) is 30.0. The van der Waals surface area contributed by atoms with Crippen molar-refractivity contribution in [3.05, 3.63) is 11.6 Å². The van der Waals surface area contributed by atoms with E-state index in [1.54, 1.807) is 0 Å². The Morgan fingerprint density at radius 3 is 1.91 bits per heavy atom. The third-order valence-electron chi connectivity index (χ3n) is 10.4. The molecule has 47 heavy (non-hydrogen) atoms. The van der Waals surface area contributed by atoms with Crippen LogP contribution < -0.4 is 0 Å². The van der Waals surface area contributed by atoms with Gasteiger partial charge in [-0.05, 0) is 83.6 Å². The molecular weight excluding hydrogens is 596 g/mol. The fourth-order valence-corrected chi connectivity index (χ4v) is 7.59. The van der Waals surface area contributed by atoms with Crippen molar-refractivity contribution in [2.45, 2.75) is 224 Å². The molecule has 2 fully saturated rings. The van der Waals surface area contributed by atoms with Crippen molar-refractivity contribution in [2.75, 3.05) is 0 Å². The van der Waals surface area contributed by atoms with Crippen molar-refractivity contribution >= 4 is 11.9 Å². The number of aliphatic hydroxyl groups excluding tert-OH is 2. The molecule has 2 saturated heterocycles. The number of rotatable bonds is 26. The van der Waals surface area contributed by atoms with E-state index in [9.17, 15) is 19.8 Å². The maximum Gasteiger partial charge on any atom is 0.334 e. The number of hydrogen-bond acceptors (Lipinski definition) is 8. The Morgan fingerprint density at radius 1 is 0.766 bits per heavy atom. The summed E-state index contributed by atoms with van der Waals surface area (Å²) < 4.78 is 23.6. The van der Waals surface area contributed by atoms with E-state index in [-0.39, 0.29) is 54.7 Å². The molecule has 8 atom stereocenters. The van der Waals surface area contributed by atoms with E-state index >= 15 is 0 Å². The van der Waals surface area contributed by atoms with Gasteiger partial charge < -0.3 is 29.2 Å². The molecule has 3 aliphatic rings. The molecule has 0 radical (unpaired) electrons. The van der Waals surface area contributed by atoms with Crippen LogP contribution in [-0.4, -0.2) is 71.0 Å². The van der Waals surface area contributed by atoms with Crippen molar-refractivity contribution in [3.8, 4) is 0 Å². The molecule has 0 aromatic rings. The minimum Gasteiger partial charge on any atom is -0.460 e. The van der Waals surface area contributed by atoms with Gasteiger partial charge >= 0.3 is 11.9 Å². The Bertz CT molecular complexity index is 905. The lowest BCUT2D eigenvalue weighted by Gasteiger charge is -2.26. The van der Waals surface area contributed by atoms with Crippen LogP contribution >= 0.6 is 0 Å². The number of carbonyl (C=O) groups excluding carboxylic acids is 2. The van der Waals surface area contributed by atoms with E-state index in [4.69, 9.17) is 18.9 Å². The van der Waals surface area contributed by atoms with E-state index < -0.39 is 6.10 Å². The molecule has 0 unspecified atom stereocenters. The van der Waals surface area contributed by atoms with Crippen LogP contribution in [-0.2, 0) is 28.5 Å². The molecule has 3 rings (SSSR count). The van der Waals surface area contributed by atoms with Gasteiger partial charge in [0.2, 0.25) is 0 Å². The number of aliphatic hydroxyl groups is 2. The molecule has 272 valence electrons. The van der Waals surface area contributed by atoms with Gasteiger partial charge in [-0.25, -0.2) is 4.79 Å². The minimum absolute atomic E-state index is 0.00207. The van der Waals surface area contributed by atoms with Crippen LogP contribution in [0.5, 0.6) is 0 Å². The first-order valence-corrected chi connectivity index (χ1v) is 19.5. The van der Waals surface area contributed by atoms with Gasteiger partial charge in [-0.3, -0.25) is 4.79 Å². The van der Waals surface area contributed by atoms with Crippen LogP contribution in [0.25, 0.3) is 0 Å².